The van der Waals surface area contributed by atoms with Crippen molar-refractivity contribution in [3.05, 3.63) is 45.8 Å². The first-order valence-electron chi connectivity index (χ1n) is 6.56. The molecule has 0 saturated carbocycles. The predicted octanol–water partition coefficient (Wildman–Crippen LogP) is 2.23. The maximum absolute atomic E-state index is 12.4. The Hall–Kier alpha value is -2.42. The number of sulfonamides is 1. The molecule has 1 aromatic heterocycles. The second-order valence-electron chi connectivity index (χ2n) is 4.80. The van der Waals surface area contributed by atoms with Crippen LogP contribution < -0.4 is 4.72 Å². The van der Waals surface area contributed by atoms with Gasteiger partial charge < -0.3 is 0 Å². The van der Waals surface area contributed by atoms with Crippen LogP contribution in [0.1, 0.15) is 18.1 Å². The van der Waals surface area contributed by atoms with E-state index in [1.54, 1.807) is 6.92 Å². The monoisotopic (exact) mass is 324 g/mol. The summed E-state index contributed by atoms with van der Waals surface area (Å²) in [5.74, 6) is 0. The van der Waals surface area contributed by atoms with Gasteiger partial charge in [-0.3, -0.25) is 19.5 Å². The molecule has 1 heterocycles. The molecule has 1 N–H and O–H groups in total. The molecule has 0 radical (unpaired) electrons. The van der Waals surface area contributed by atoms with Crippen LogP contribution in [0, 0.1) is 24.0 Å². The molecule has 0 aliphatic heterocycles. The molecule has 0 bridgehead atoms. The van der Waals surface area contributed by atoms with Gasteiger partial charge in [0.1, 0.15) is 4.90 Å². The summed E-state index contributed by atoms with van der Waals surface area (Å²) in [5.41, 5.74) is 0.969. The first-order valence-corrected chi connectivity index (χ1v) is 8.04. The molecule has 22 heavy (non-hydrogen) atoms. The third-order valence-corrected chi connectivity index (χ3v) is 4.63. The number of hydrogen-bond donors (Lipinski definition) is 1. The number of benzene rings is 1. The predicted molar refractivity (Wildman–Crippen MR) is 81.3 cm³/mol. The minimum atomic E-state index is -3.85. The number of aryl methyl sites for hydroxylation is 2. The maximum Gasteiger partial charge on any atom is 0.274 e. The van der Waals surface area contributed by atoms with Gasteiger partial charge >= 0.3 is 0 Å². The molecule has 0 spiro atoms. The van der Waals surface area contributed by atoms with Gasteiger partial charge in [-0.25, -0.2) is 8.42 Å². The summed E-state index contributed by atoms with van der Waals surface area (Å²) < 4.78 is 28.7. The third-order valence-electron chi connectivity index (χ3n) is 3.32. The van der Waals surface area contributed by atoms with Gasteiger partial charge in [0.25, 0.3) is 15.7 Å². The molecule has 2 rings (SSSR count). The van der Waals surface area contributed by atoms with Crippen LogP contribution in [-0.4, -0.2) is 23.1 Å². The average Bonchev–Trinajstić information content (AvgIpc) is 2.92. The lowest BCUT2D eigenvalue weighted by Gasteiger charge is -2.12. The zero-order chi connectivity index (χ0) is 16.5. The van der Waals surface area contributed by atoms with Crippen molar-refractivity contribution in [1.29, 1.82) is 0 Å². The number of nitro groups is 1. The highest BCUT2D eigenvalue weighted by Crippen LogP contribution is 2.30. The lowest BCUT2D eigenvalue weighted by atomic mass is 10.1. The normalized spacial score (nSPS) is 11.4. The highest BCUT2D eigenvalue weighted by Gasteiger charge is 2.22. The topological polar surface area (TPSA) is 107 Å². The van der Waals surface area contributed by atoms with E-state index in [0.717, 1.165) is 0 Å². The van der Waals surface area contributed by atoms with E-state index in [9.17, 15) is 18.5 Å². The van der Waals surface area contributed by atoms with Gasteiger partial charge in [0.2, 0.25) is 0 Å². The van der Waals surface area contributed by atoms with Gasteiger partial charge in [-0.2, -0.15) is 5.10 Å². The summed E-state index contributed by atoms with van der Waals surface area (Å²) in [6, 6.07) is 2.87. The molecular weight excluding hydrogens is 308 g/mol. The number of anilines is 1. The Bertz CT molecular complexity index is 827. The Balaban J connectivity index is 2.45. The lowest BCUT2D eigenvalue weighted by molar-refractivity contribution is -0.385. The Morgan fingerprint density at radius 2 is 2.05 bits per heavy atom. The highest BCUT2D eigenvalue weighted by molar-refractivity contribution is 7.92. The summed E-state index contributed by atoms with van der Waals surface area (Å²) in [4.78, 5) is 10.5. The van der Waals surface area contributed by atoms with Crippen LogP contribution in [0.2, 0.25) is 0 Å². The van der Waals surface area contributed by atoms with Crippen molar-refractivity contribution in [1.82, 2.24) is 9.78 Å². The van der Waals surface area contributed by atoms with Crippen molar-refractivity contribution in [2.24, 2.45) is 0 Å². The van der Waals surface area contributed by atoms with Crippen molar-refractivity contribution in [2.45, 2.75) is 32.2 Å². The fraction of sp³-hybridized carbons (Fsp3) is 0.308. The van der Waals surface area contributed by atoms with E-state index >= 15 is 0 Å². The van der Waals surface area contributed by atoms with Gasteiger partial charge in [0.15, 0.2) is 0 Å². The van der Waals surface area contributed by atoms with Gasteiger partial charge in [-0.05, 0) is 26.3 Å². The Morgan fingerprint density at radius 1 is 1.36 bits per heavy atom. The molecule has 0 aliphatic carbocycles. The molecule has 1 aromatic carbocycles. The first kappa shape index (κ1) is 16.0. The summed E-state index contributed by atoms with van der Waals surface area (Å²) in [6.07, 6.45) is 2.65. The minimum absolute atomic E-state index is 0.0136. The van der Waals surface area contributed by atoms with E-state index in [1.807, 2.05) is 6.92 Å². The summed E-state index contributed by atoms with van der Waals surface area (Å²) in [7, 11) is -3.85. The van der Waals surface area contributed by atoms with E-state index in [1.165, 1.54) is 36.1 Å². The van der Waals surface area contributed by atoms with Crippen molar-refractivity contribution >= 4 is 21.4 Å². The van der Waals surface area contributed by atoms with Crippen molar-refractivity contribution in [3.8, 4) is 0 Å². The summed E-state index contributed by atoms with van der Waals surface area (Å²) in [5, 5.41) is 14.9. The molecular formula is C13H16N4O4S. The number of nitrogens with zero attached hydrogens (tertiary/aromatic N) is 3. The molecule has 0 amide bonds. The van der Waals surface area contributed by atoms with E-state index in [4.69, 9.17) is 0 Å². The van der Waals surface area contributed by atoms with E-state index < -0.39 is 14.9 Å². The smallest absolute Gasteiger partial charge is 0.274 e. The largest absolute Gasteiger partial charge is 0.279 e. The van der Waals surface area contributed by atoms with Crippen LogP contribution in [0.5, 0.6) is 0 Å². The lowest BCUT2D eigenvalue weighted by Crippen LogP contribution is -2.14. The van der Waals surface area contributed by atoms with Gasteiger partial charge in [0.05, 0.1) is 22.4 Å². The van der Waals surface area contributed by atoms with Crippen molar-refractivity contribution < 1.29 is 13.3 Å². The maximum atomic E-state index is 12.4. The van der Waals surface area contributed by atoms with Gasteiger partial charge in [-0.1, -0.05) is 6.07 Å². The Labute approximate surface area is 128 Å². The molecule has 0 unspecified atom stereocenters. The summed E-state index contributed by atoms with van der Waals surface area (Å²) in [6.45, 7) is 5.58. The van der Waals surface area contributed by atoms with Crippen molar-refractivity contribution in [3.63, 3.8) is 0 Å². The highest BCUT2D eigenvalue weighted by atomic mass is 32.2. The minimum Gasteiger partial charge on any atom is -0.279 e. The quantitative estimate of drug-likeness (QED) is 0.670. The second kappa shape index (κ2) is 5.76. The third kappa shape index (κ3) is 2.93. The molecule has 0 fully saturated rings. The van der Waals surface area contributed by atoms with E-state index in [0.29, 0.717) is 12.1 Å². The second-order valence-corrected chi connectivity index (χ2v) is 6.48. The SMILES string of the molecule is CCn1cc(S(=O)(=O)Nc2c(C)ccc([N+](=O)[O-])c2C)cn1. The summed E-state index contributed by atoms with van der Waals surface area (Å²) >= 11 is 0. The van der Waals surface area contributed by atoms with Gasteiger partial charge in [0, 0.05) is 18.8 Å². The first-order chi connectivity index (χ1) is 10.3. The number of aromatic nitrogens is 2. The fourth-order valence-corrected chi connectivity index (χ4v) is 3.19. The Morgan fingerprint density at radius 3 is 2.59 bits per heavy atom. The van der Waals surface area contributed by atoms with Crippen LogP contribution >= 0.6 is 0 Å². The number of hydrogen-bond acceptors (Lipinski definition) is 5. The molecule has 0 saturated heterocycles. The number of rotatable bonds is 5. The van der Waals surface area contributed by atoms with Crippen molar-refractivity contribution in [2.75, 3.05) is 4.72 Å². The van der Waals surface area contributed by atoms with Crippen LogP contribution in [-0.2, 0) is 16.6 Å². The van der Waals surface area contributed by atoms with E-state index in [-0.39, 0.29) is 21.8 Å². The number of nitro benzene ring substituents is 1. The van der Waals surface area contributed by atoms with Crippen LogP contribution in [0.3, 0.4) is 0 Å². The molecule has 9 heteroatoms. The van der Waals surface area contributed by atoms with Crippen LogP contribution in [0.15, 0.2) is 29.4 Å². The standard InChI is InChI=1S/C13H16N4O4S/c1-4-16-8-11(7-14-16)22(20,21)15-13-9(2)5-6-12(10(13)3)17(18)19/h5-8,15H,4H2,1-3H3. The molecule has 118 valence electrons. The molecule has 8 nitrogen and oxygen atoms in total. The van der Waals surface area contributed by atoms with Crippen LogP contribution in [0.4, 0.5) is 11.4 Å². The van der Waals surface area contributed by atoms with Crippen LogP contribution in [0.25, 0.3) is 0 Å². The average molecular weight is 324 g/mol. The fourth-order valence-electron chi connectivity index (χ4n) is 2.04. The zero-order valence-corrected chi connectivity index (χ0v) is 13.2. The zero-order valence-electron chi connectivity index (χ0n) is 12.4. The number of nitrogens with one attached hydrogen (secondary N) is 1. The molecule has 0 atom stereocenters. The van der Waals surface area contributed by atoms with E-state index in [2.05, 4.69) is 9.82 Å². The Kier molecular flexibility index (Phi) is 4.18. The molecule has 0 aliphatic rings. The van der Waals surface area contributed by atoms with Gasteiger partial charge in [-0.15, -0.1) is 0 Å². The molecule has 2 aromatic rings.